The summed E-state index contributed by atoms with van der Waals surface area (Å²) in [6, 6.07) is 13.6. The highest BCUT2D eigenvalue weighted by atomic mass is 16.5. The first-order valence-electron chi connectivity index (χ1n) is 6.44. The summed E-state index contributed by atoms with van der Waals surface area (Å²) in [5.74, 6) is 1.84. The van der Waals surface area contributed by atoms with Gasteiger partial charge in [0.05, 0.1) is 5.56 Å². The lowest BCUT2D eigenvalue weighted by Gasteiger charge is -2.10. The molecule has 0 fully saturated rings. The molecular weight excluding hydrogens is 236 g/mol. The van der Waals surface area contributed by atoms with Crippen LogP contribution in [0.2, 0.25) is 0 Å². The molecule has 0 radical (unpaired) electrons. The third-order valence-corrected chi connectivity index (χ3v) is 3.07. The maximum Gasteiger partial charge on any atom is 0.153 e. The summed E-state index contributed by atoms with van der Waals surface area (Å²) < 4.78 is 5.76. The van der Waals surface area contributed by atoms with Gasteiger partial charge in [0.25, 0.3) is 0 Å². The summed E-state index contributed by atoms with van der Waals surface area (Å²) >= 11 is 0. The third kappa shape index (κ3) is 3.22. The standard InChI is InChI=1S/C17H18O2/c1-12(2)14-5-7-16(8-6-14)19-17-9-4-13(3)10-15(17)11-18/h4-12H,1-3H3. The lowest BCUT2D eigenvalue weighted by molar-refractivity contribution is 0.112. The van der Waals surface area contributed by atoms with Gasteiger partial charge in [-0.2, -0.15) is 0 Å². The summed E-state index contributed by atoms with van der Waals surface area (Å²) in [5.41, 5.74) is 2.89. The average Bonchev–Trinajstić information content (AvgIpc) is 2.41. The van der Waals surface area contributed by atoms with Crippen LogP contribution in [0, 0.1) is 6.92 Å². The molecule has 2 aromatic carbocycles. The largest absolute Gasteiger partial charge is 0.457 e. The van der Waals surface area contributed by atoms with Gasteiger partial charge in [-0.25, -0.2) is 0 Å². The number of carbonyl (C=O) groups excluding carboxylic acids is 1. The summed E-state index contributed by atoms with van der Waals surface area (Å²) in [6.45, 7) is 6.26. The molecular formula is C17H18O2. The Bertz CT molecular complexity index is 568. The monoisotopic (exact) mass is 254 g/mol. The molecule has 0 unspecified atom stereocenters. The van der Waals surface area contributed by atoms with Crippen molar-refractivity contribution >= 4 is 6.29 Å². The van der Waals surface area contributed by atoms with E-state index < -0.39 is 0 Å². The molecule has 2 aromatic rings. The molecule has 0 aliphatic rings. The van der Waals surface area contributed by atoms with Crippen molar-refractivity contribution in [3.63, 3.8) is 0 Å². The molecule has 0 spiro atoms. The SMILES string of the molecule is Cc1ccc(Oc2ccc(C(C)C)cc2)c(C=O)c1. The molecule has 0 heterocycles. The molecule has 98 valence electrons. The van der Waals surface area contributed by atoms with Gasteiger partial charge in [-0.3, -0.25) is 4.79 Å². The Hall–Kier alpha value is -2.09. The first-order chi connectivity index (χ1) is 9.10. The van der Waals surface area contributed by atoms with E-state index in [-0.39, 0.29) is 0 Å². The van der Waals surface area contributed by atoms with Gasteiger partial charge in [0, 0.05) is 0 Å². The molecule has 0 N–H and O–H groups in total. The molecule has 0 saturated heterocycles. The molecule has 0 aliphatic heterocycles. The average molecular weight is 254 g/mol. The molecule has 0 aromatic heterocycles. The zero-order valence-electron chi connectivity index (χ0n) is 11.5. The second-order valence-corrected chi connectivity index (χ2v) is 4.98. The fourth-order valence-corrected chi connectivity index (χ4v) is 1.90. The Kier molecular flexibility index (Phi) is 4.00. The van der Waals surface area contributed by atoms with Crippen molar-refractivity contribution < 1.29 is 9.53 Å². The molecule has 0 aliphatic carbocycles. The number of aryl methyl sites for hydroxylation is 1. The van der Waals surface area contributed by atoms with Crippen molar-refractivity contribution in [1.29, 1.82) is 0 Å². The van der Waals surface area contributed by atoms with Crippen LogP contribution in [0.1, 0.15) is 41.3 Å². The van der Waals surface area contributed by atoms with Crippen LogP contribution in [0.4, 0.5) is 0 Å². The zero-order chi connectivity index (χ0) is 13.8. The number of hydrogen-bond donors (Lipinski definition) is 0. The van der Waals surface area contributed by atoms with Gasteiger partial charge in [-0.1, -0.05) is 37.6 Å². The van der Waals surface area contributed by atoms with E-state index in [2.05, 4.69) is 26.0 Å². The minimum atomic E-state index is 0.499. The topological polar surface area (TPSA) is 26.3 Å². The molecule has 2 rings (SSSR count). The van der Waals surface area contributed by atoms with Crippen LogP contribution in [-0.4, -0.2) is 6.29 Å². The van der Waals surface area contributed by atoms with Crippen molar-refractivity contribution in [1.82, 2.24) is 0 Å². The van der Waals surface area contributed by atoms with Crippen molar-refractivity contribution in [3.8, 4) is 11.5 Å². The van der Waals surface area contributed by atoms with Gasteiger partial charge >= 0.3 is 0 Å². The lowest BCUT2D eigenvalue weighted by Crippen LogP contribution is -1.92. The van der Waals surface area contributed by atoms with E-state index in [0.29, 0.717) is 17.2 Å². The smallest absolute Gasteiger partial charge is 0.153 e. The second kappa shape index (κ2) is 5.70. The summed E-state index contributed by atoms with van der Waals surface area (Å²) in [4.78, 5) is 11.0. The van der Waals surface area contributed by atoms with Gasteiger partial charge in [0.15, 0.2) is 6.29 Å². The zero-order valence-corrected chi connectivity index (χ0v) is 11.5. The summed E-state index contributed by atoms with van der Waals surface area (Å²) in [7, 11) is 0. The van der Waals surface area contributed by atoms with Gasteiger partial charge in [-0.15, -0.1) is 0 Å². The van der Waals surface area contributed by atoms with Crippen LogP contribution in [0.5, 0.6) is 11.5 Å². The molecule has 0 amide bonds. The van der Waals surface area contributed by atoms with Crippen LogP contribution < -0.4 is 4.74 Å². The Morgan fingerprint density at radius 2 is 1.74 bits per heavy atom. The first-order valence-corrected chi connectivity index (χ1v) is 6.44. The number of hydrogen-bond acceptors (Lipinski definition) is 2. The minimum Gasteiger partial charge on any atom is -0.457 e. The Morgan fingerprint density at radius 3 is 2.32 bits per heavy atom. The number of carbonyl (C=O) groups is 1. The molecule has 0 saturated carbocycles. The van der Waals surface area contributed by atoms with Gasteiger partial charge in [0.1, 0.15) is 11.5 Å². The fraction of sp³-hybridized carbons (Fsp3) is 0.235. The number of ether oxygens (including phenoxy) is 1. The van der Waals surface area contributed by atoms with E-state index in [1.807, 2.05) is 37.3 Å². The molecule has 0 atom stereocenters. The van der Waals surface area contributed by atoms with Crippen molar-refractivity contribution in [2.75, 3.05) is 0 Å². The fourth-order valence-electron chi connectivity index (χ4n) is 1.90. The van der Waals surface area contributed by atoms with E-state index in [4.69, 9.17) is 4.74 Å². The predicted octanol–water partition coefficient (Wildman–Crippen LogP) is 4.72. The van der Waals surface area contributed by atoms with Crippen LogP contribution >= 0.6 is 0 Å². The van der Waals surface area contributed by atoms with E-state index in [1.165, 1.54) is 5.56 Å². The number of rotatable bonds is 4. The maximum absolute atomic E-state index is 11.0. The molecule has 0 bridgehead atoms. The molecule has 2 nitrogen and oxygen atoms in total. The van der Waals surface area contributed by atoms with Crippen molar-refractivity contribution in [2.24, 2.45) is 0 Å². The van der Waals surface area contributed by atoms with E-state index >= 15 is 0 Å². The van der Waals surface area contributed by atoms with Crippen molar-refractivity contribution in [3.05, 3.63) is 59.2 Å². The highest BCUT2D eigenvalue weighted by Crippen LogP contribution is 2.26. The van der Waals surface area contributed by atoms with E-state index in [1.54, 1.807) is 0 Å². The summed E-state index contributed by atoms with van der Waals surface area (Å²) in [5, 5.41) is 0. The lowest BCUT2D eigenvalue weighted by atomic mass is 10.0. The Morgan fingerprint density at radius 1 is 1.05 bits per heavy atom. The van der Waals surface area contributed by atoms with E-state index in [0.717, 1.165) is 17.6 Å². The number of aldehydes is 1. The summed E-state index contributed by atoms with van der Waals surface area (Å²) in [6.07, 6.45) is 0.824. The second-order valence-electron chi connectivity index (χ2n) is 4.98. The Labute approximate surface area is 114 Å². The van der Waals surface area contributed by atoms with Crippen LogP contribution in [0.15, 0.2) is 42.5 Å². The highest BCUT2D eigenvalue weighted by molar-refractivity contribution is 5.79. The van der Waals surface area contributed by atoms with Crippen LogP contribution in [0.3, 0.4) is 0 Å². The Balaban J connectivity index is 2.23. The van der Waals surface area contributed by atoms with Crippen LogP contribution in [0.25, 0.3) is 0 Å². The van der Waals surface area contributed by atoms with Crippen LogP contribution in [-0.2, 0) is 0 Å². The number of benzene rings is 2. The third-order valence-electron chi connectivity index (χ3n) is 3.07. The molecule has 19 heavy (non-hydrogen) atoms. The van der Waals surface area contributed by atoms with Gasteiger partial charge < -0.3 is 4.74 Å². The predicted molar refractivity (Wildman–Crippen MR) is 77.2 cm³/mol. The highest BCUT2D eigenvalue weighted by Gasteiger charge is 2.05. The van der Waals surface area contributed by atoms with Crippen molar-refractivity contribution in [2.45, 2.75) is 26.7 Å². The molecule has 2 heteroatoms. The normalized spacial score (nSPS) is 10.5. The minimum absolute atomic E-state index is 0.499. The van der Waals surface area contributed by atoms with Gasteiger partial charge in [0.2, 0.25) is 0 Å². The van der Waals surface area contributed by atoms with E-state index in [9.17, 15) is 4.79 Å². The maximum atomic E-state index is 11.0. The van der Waals surface area contributed by atoms with Gasteiger partial charge in [-0.05, 0) is 42.7 Å². The quantitative estimate of drug-likeness (QED) is 0.738. The first kappa shape index (κ1) is 13.3.